The summed E-state index contributed by atoms with van der Waals surface area (Å²) in [6.45, 7) is 2.25. The van der Waals surface area contributed by atoms with Gasteiger partial charge in [-0.25, -0.2) is 0 Å². The van der Waals surface area contributed by atoms with E-state index in [9.17, 15) is 9.59 Å². The molecule has 0 aromatic rings. The Morgan fingerprint density at radius 2 is 1.93 bits per heavy atom. The Hall–Kier alpha value is -1.76. The minimum atomic E-state index is -0.454. The molecule has 4 rings (SSSR count). The summed E-state index contributed by atoms with van der Waals surface area (Å²) >= 11 is 1.81. The van der Waals surface area contributed by atoms with Crippen LogP contribution in [0.2, 0.25) is 0 Å². The molecule has 4 N–H and O–H groups in total. The average molecular weight is 417 g/mol. The Balaban J connectivity index is 1.51. The van der Waals surface area contributed by atoms with Gasteiger partial charge in [0.1, 0.15) is 5.84 Å². The number of rotatable bonds is 4. The Morgan fingerprint density at radius 1 is 1.17 bits per heavy atom. The predicted molar refractivity (Wildman–Crippen MR) is 117 cm³/mol. The van der Waals surface area contributed by atoms with Crippen molar-refractivity contribution < 1.29 is 9.59 Å². The van der Waals surface area contributed by atoms with Crippen molar-refractivity contribution in [2.75, 3.05) is 0 Å². The van der Waals surface area contributed by atoms with Crippen LogP contribution < -0.4 is 16.4 Å². The van der Waals surface area contributed by atoms with Crippen molar-refractivity contribution in [2.24, 2.45) is 22.6 Å². The van der Waals surface area contributed by atoms with E-state index in [-0.39, 0.29) is 18.0 Å². The summed E-state index contributed by atoms with van der Waals surface area (Å²) in [4.78, 5) is 29.8. The van der Waals surface area contributed by atoms with Crippen molar-refractivity contribution in [1.82, 2.24) is 10.6 Å². The van der Waals surface area contributed by atoms with Gasteiger partial charge in [0.2, 0.25) is 11.8 Å². The fraction of sp³-hybridized carbons (Fsp3) is 0.682. The van der Waals surface area contributed by atoms with Gasteiger partial charge >= 0.3 is 0 Å². The number of thioether (sulfide) groups is 1. The fourth-order valence-electron chi connectivity index (χ4n) is 5.05. The normalized spacial score (nSPS) is 35.9. The van der Waals surface area contributed by atoms with E-state index in [1.54, 1.807) is 18.0 Å². The molecule has 2 heterocycles. The molecule has 7 heteroatoms. The van der Waals surface area contributed by atoms with Gasteiger partial charge in [0.05, 0.1) is 12.1 Å². The first-order valence-electron chi connectivity index (χ1n) is 11.0. The monoisotopic (exact) mass is 416 g/mol. The van der Waals surface area contributed by atoms with E-state index in [4.69, 9.17) is 10.7 Å². The zero-order valence-electron chi connectivity index (χ0n) is 17.2. The minimum absolute atomic E-state index is 0.0196. The van der Waals surface area contributed by atoms with E-state index in [0.717, 1.165) is 24.3 Å². The number of carbonyl (C=O) groups excluding carboxylic acids is 2. The van der Waals surface area contributed by atoms with Crippen LogP contribution in [0.4, 0.5) is 0 Å². The van der Waals surface area contributed by atoms with E-state index in [2.05, 4.69) is 23.0 Å². The number of amidine groups is 1. The Bertz CT molecular complexity index is 760. The van der Waals surface area contributed by atoms with Crippen molar-refractivity contribution in [3.63, 3.8) is 0 Å². The molecule has 5 unspecified atom stereocenters. The van der Waals surface area contributed by atoms with Gasteiger partial charge < -0.3 is 16.4 Å². The summed E-state index contributed by atoms with van der Waals surface area (Å²) in [7, 11) is 0. The molecule has 0 aromatic heterocycles. The first kappa shape index (κ1) is 20.5. The summed E-state index contributed by atoms with van der Waals surface area (Å²) < 4.78 is 0. The van der Waals surface area contributed by atoms with E-state index >= 15 is 0 Å². The van der Waals surface area contributed by atoms with Crippen molar-refractivity contribution in [3.8, 4) is 0 Å². The fourth-order valence-corrected chi connectivity index (χ4v) is 6.43. The Morgan fingerprint density at radius 3 is 2.72 bits per heavy atom. The van der Waals surface area contributed by atoms with Gasteiger partial charge in [0.15, 0.2) is 0 Å². The van der Waals surface area contributed by atoms with Crippen LogP contribution in [0.25, 0.3) is 0 Å². The highest BCUT2D eigenvalue weighted by Gasteiger charge is 2.37. The second-order valence-electron chi connectivity index (χ2n) is 8.89. The van der Waals surface area contributed by atoms with Crippen LogP contribution in [-0.2, 0) is 9.59 Å². The molecule has 0 saturated heterocycles. The average Bonchev–Trinajstić information content (AvgIpc) is 3.15. The highest BCUT2D eigenvalue weighted by molar-refractivity contribution is 8.03. The maximum Gasteiger partial charge on any atom is 0.248 e. The third-order valence-electron chi connectivity index (χ3n) is 6.88. The number of hydrogen-bond acceptors (Lipinski definition) is 4. The van der Waals surface area contributed by atoms with E-state index in [1.807, 2.05) is 0 Å². The molecule has 0 aromatic carbocycles. The van der Waals surface area contributed by atoms with Crippen molar-refractivity contribution in [2.45, 2.75) is 82.0 Å². The highest BCUT2D eigenvalue weighted by atomic mass is 32.2. The number of aliphatic imine (C=N–C) groups is 1. The standard InChI is InChI=1S/C22H32N4O2S/c1-13-6-2-4-8-17(13)25-21-18(10-14(11-24-21)20(23)27)26-22(28)16-12-29-19-9-5-3-7-15(16)19/h11-13,15,17-19H,2-10H2,1H3,(H2,23,27)(H,24,25)(H,26,28). The molecule has 2 aliphatic carbocycles. The number of amides is 2. The third kappa shape index (κ3) is 4.55. The SMILES string of the molecule is CC1CCCCC1N=C1NC=C(C(N)=O)CC1NC(=O)C1=CSC2CCCCC12. The maximum atomic E-state index is 13.1. The highest BCUT2D eigenvalue weighted by Crippen LogP contribution is 2.44. The molecule has 158 valence electrons. The molecule has 2 fully saturated rings. The Labute approximate surface area is 177 Å². The van der Waals surface area contributed by atoms with Gasteiger partial charge in [0, 0.05) is 34.9 Å². The lowest BCUT2D eigenvalue weighted by atomic mass is 9.83. The van der Waals surface area contributed by atoms with Gasteiger partial charge in [-0.05, 0) is 37.0 Å². The molecule has 2 saturated carbocycles. The van der Waals surface area contributed by atoms with Crippen molar-refractivity contribution >= 4 is 29.4 Å². The topological polar surface area (TPSA) is 96.6 Å². The van der Waals surface area contributed by atoms with E-state index in [1.165, 1.54) is 38.5 Å². The first-order chi connectivity index (χ1) is 14.0. The lowest BCUT2D eigenvalue weighted by Crippen LogP contribution is -2.50. The first-order valence-corrected chi connectivity index (χ1v) is 12.0. The van der Waals surface area contributed by atoms with Crippen LogP contribution in [0, 0.1) is 11.8 Å². The number of nitrogens with two attached hydrogens (primary N) is 1. The molecule has 4 aliphatic rings. The second-order valence-corrected chi connectivity index (χ2v) is 10.0. The number of hydrogen-bond donors (Lipinski definition) is 3. The quantitative estimate of drug-likeness (QED) is 0.656. The molecule has 5 atom stereocenters. The molecule has 2 aliphatic heterocycles. The van der Waals surface area contributed by atoms with Gasteiger partial charge in [-0.15, -0.1) is 11.8 Å². The molecule has 6 nitrogen and oxygen atoms in total. The number of nitrogens with one attached hydrogen (secondary N) is 2. The van der Waals surface area contributed by atoms with Crippen LogP contribution in [0.15, 0.2) is 27.7 Å². The summed E-state index contributed by atoms with van der Waals surface area (Å²) in [5.74, 6) is 1.18. The largest absolute Gasteiger partial charge is 0.366 e. The lowest BCUT2D eigenvalue weighted by molar-refractivity contribution is -0.119. The molecule has 29 heavy (non-hydrogen) atoms. The molecular formula is C22H32N4O2S. The number of carbonyl (C=O) groups is 2. The maximum absolute atomic E-state index is 13.1. The van der Waals surface area contributed by atoms with E-state index < -0.39 is 5.91 Å². The van der Waals surface area contributed by atoms with Crippen LogP contribution in [-0.4, -0.2) is 35.0 Å². The van der Waals surface area contributed by atoms with Gasteiger partial charge in [0.25, 0.3) is 0 Å². The van der Waals surface area contributed by atoms with Crippen LogP contribution in [0.5, 0.6) is 0 Å². The molecule has 0 radical (unpaired) electrons. The van der Waals surface area contributed by atoms with Crippen molar-refractivity contribution in [3.05, 3.63) is 22.8 Å². The zero-order chi connectivity index (χ0) is 20.4. The van der Waals surface area contributed by atoms with Crippen LogP contribution >= 0.6 is 11.8 Å². The smallest absolute Gasteiger partial charge is 0.248 e. The summed E-state index contributed by atoms with van der Waals surface area (Å²) in [6.07, 6.45) is 11.5. The molecular weight excluding hydrogens is 384 g/mol. The van der Waals surface area contributed by atoms with Crippen LogP contribution in [0.1, 0.15) is 64.7 Å². The predicted octanol–water partition coefficient (Wildman–Crippen LogP) is 3.00. The summed E-state index contributed by atoms with van der Waals surface area (Å²) in [6, 6.07) is -0.0733. The van der Waals surface area contributed by atoms with Gasteiger partial charge in [-0.2, -0.15) is 0 Å². The zero-order valence-corrected chi connectivity index (χ0v) is 18.0. The molecule has 0 bridgehead atoms. The van der Waals surface area contributed by atoms with Gasteiger partial charge in [-0.3, -0.25) is 14.6 Å². The number of primary amides is 1. The molecule has 0 spiro atoms. The second kappa shape index (κ2) is 8.94. The van der Waals surface area contributed by atoms with Crippen molar-refractivity contribution in [1.29, 1.82) is 0 Å². The lowest BCUT2D eigenvalue weighted by Gasteiger charge is -2.31. The van der Waals surface area contributed by atoms with E-state index in [0.29, 0.717) is 29.1 Å². The molecule has 2 amide bonds. The third-order valence-corrected chi connectivity index (χ3v) is 8.18. The summed E-state index contributed by atoms with van der Waals surface area (Å²) in [5, 5.41) is 8.94. The number of nitrogens with zero attached hydrogens (tertiary/aromatic N) is 1. The van der Waals surface area contributed by atoms with Crippen LogP contribution in [0.3, 0.4) is 0 Å². The van der Waals surface area contributed by atoms with Gasteiger partial charge in [-0.1, -0.05) is 32.6 Å². The Kier molecular flexibility index (Phi) is 6.32. The summed E-state index contributed by atoms with van der Waals surface area (Å²) in [5.41, 5.74) is 6.91. The minimum Gasteiger partial charge on any atom is -0.366 e. The number of fused-ring (bicyclic) bond motifs is 1.